The van der Waals surface area contributed by atoms with E-state index in [2.05, 4.69) is 5.32 Å². The summed E-state index contributed by atoms with van der Waals surface area (Å²) in [6, 6.07) is 12.8. The van der Waals surface area contributed by atoms with Crippen molar-refractivity contribution in [2.24, 2.45) is 0 Å². The Morgan fingerprint density at radius 2 is 1.68 bits per heavy atom. The van der Waals surface area contributed by atoms with Gasteiger partial charge in [0.05, 0.1) is 16.3 Å². The van der Waals surface area contributed by atoms with E-state index in [1.54, 1.807) is 42.5 Å². The van der Waals surface area contributed by atoms with Crippen LogP contribution in [0.3, 0.4) is 0 Å². The fourth-order valence-electron chi connectivity index (χ4n) is 3.23. The minimum Gasteiger partial charge on any atom is -0.325 e. The van der Waals surface area contributed by atoms with Crippen molar-refractivity contribution in [2.75, 3.05) is 24.2 Å². The quantitative estimate of drug-likeness (QED) is 0.566. The molecule has 2 aromatic carbocycles. The third-order valence-corrected chi connectivity index (χ3v) is 7.87. The van der Waals surface area contributed by atoms with Crippen LogP contribution in [0.1, 0.15) is 24.8 Å². The Balaban J connectivity index is 1.56. The number of nitrogens with zero attached hydrogens (tertiary/aromatic N) is 1. The van der Waals surface area contributed by atoms with Gasteiger partial charge in [-0.15, -0.1) is 11.8 Å². The number of hydrogen-bond acceptors (Lipinski definition) is 4. The molecule has 168 valence electrons. The summed E-state index contributed by atoms with van der Waals surface area (Å²) >= 11 is 0.624. The van der Waals surface area contributed by atoms with Crippen molar-refractivity contribution >= 4 is 33.4 Å². The van der Waals surface area contributed by atoms with Crippen molar-refractivity contribution in [2.45, 2.75) is 41.7 Å². The van der Waals surface area contributed by atoms with Gasteiger partial charge >= 0.3 is 6.18 Å². The zero-order valence-corrected chi connectivity index (χ0v) is 18.3. The molecule has 0 radical (unpaired) electrons. The maximum atomic E-state index is 12.6. The van der Waals surface area contributed by atoms with Crippen LogP contribution in [-0.4, -0.2) is 43.6 Å². The number of benzene rings is 2. The monoisotopic (exact) mass is 472 g/mol. The number of carbonyl (C=O) groups is 1. The van der Waals surface area contributed by atoms with Gasteiger partial charge in [0.25, 0.3) is 0 Å². The number of rotatable bonds is 8. The molecule has 10 heteroatoms. The molecule has 2 aromatic rings. The summed E-state index contributed by atoms with van der Waals surface area (Å²) in [5.74, 6) is -1.36. The number of amides is 1. The molecular formula is C21H23F3N2O3S2. The third-order valence-electron chi connectivity index (χ3n) is 4.82. The number of hydrogen-bond donors (Lipinski definition) is 1. The molecule has 1 amide bonds. The molecule has 0 unspecified atom stereocenters. The maximum Gasteiger partial charge on any atom is 0.398 e. The first-order valence-corrected chi connectivity index (χ1v) is 12.3. The lowest BCUT2D eigenvalue weighted by Gasteiger charge is -2.15. The second kappa shape index (κ2) is 10.1. The van der Waals surface area contributed by atoms with Crippen LogP contribution in [0, 0.1) is 0 Å². The zero-order chi connectivity index (χ0) is 22.5. The van der Waals surface area contributed by atoms with Crippen molar-refractivity contribution in [3.63, 3.8) is 0 Å². The Kier molecular flexibility index (Phi) is 7.66. The molecule has 0 spiro atoms. The Labute approximate surface area is 184 Å². The minimum atomic E-state index is -4.30. The minimum absolute atomic E-state index is 0.122. The van der Waals surface area contributed by atoms with Crippen molar-refractivity contribution in [3.05, 3.63) is 54.1 Å². The fourth-order valence-corrected chi connectivity index (χ4v) is 5.52. The van der Waals surface area contributed by atoms with E-state index < -0.39 is 22.0 Å². The van der Waals surface area contributed by atoms with E-state index in [4.69, 9.17) is 0 Å². The van der Waals surface area contributed by atoms with Crippen LogP contribution in [0.15, 0.2) is 58.3 Å². The molecule has 1 fully saturated rings. The van der Waals surface area contributed by atoms with Crippen LogP contribution in [0.5, 0.6) is 0 Å². The molecular weight excluding hydrogens is 449 g/mol. The van der Waals surface area contributed by atoms with Crippen molar-refractivity contribution < 1.29 is 26.4 Å². The molecule has 1 N–H and O–H groups in total. The first-order chi connectivity index (χ1) is 14.6. The third kappa shape index (κ3) is 6.72. The van der Waals surface area contributed by atoms with Gasteiger partial charge in [0, 0.05) is 24.4 Å². The number of alkyl halides is 3. The molecule has 0 aromatic heterocycles. The highest BCUT2D eigenvalue weighted by atomic mass is 32.2. The molecule has 0 saturated carbocycles. The number of para-hydroxylation sites is 1. The molecule has 0 atom stereocenters. The smallest absolute Gasteiger partial charge is 0.325 e. The Hall–Kier alpha value is -2.04. The van der Waals surface area contributed by atoms with Crippen molar-refractivity contribution in [1.29, 1.82) is 0 Å². The number of anilines is 1. The van der Waals surface area contributed by atoms with Crippen molar-refractivity contribution in [1.82, 2.24) is 4.31 Å². The van der Waals surface area contributed by atoms with Crippen LogP contribution in [0.4, 0.5) is 18.9 Å². The topological polar surface area (TPSA) is 66.5 Å². The van der Waals surface area contributed by atoms with E-state index in [0.717, 1.165) is 18.4 Å². The molecule has 31 heavy (non-hydrogen) atoms. The second-order valence-corrected chi connectivity index (χ2v) is 10.2. The Morgan fingerprint density at radius 1 is 1.03 bits per heavy atom. The van der Waals surface area contributed by atoms with Crippen molar-refractivity contribution in [3.8, 4) is 0 Å². The largest absolute Gasteiger partial charge is 0.398 e. The number of aryl methyl sites for hydroxylation is 1. The SMILES string of the molecule is O=C(CCc1ccc(S(=O)(=O)N2CCCC2)cc1)Nc1ccccc1SCC(F)(F)F. The molecule has 3 rings (SSSR count). The fraction of sp³-hybridized carbons (Fsp3) is 0.381. The van der Waals surface area contributed by atoms with Crippen LogP contribution in [0.25, 0.3) is 0 Å². The molecule has 0 aliphatic carbocycles. The molecule has 1 saturated heterocycles. The highest BCUT2D eigenvalue weighted by molar-refractivity contribution is 7.99. The Morgan fingerprint density at radius 3 is 2.32 bits per heavy atom. The normalized spacial score (nSPS) is 15.2. The van der Waals surface area contributed by atoms with E-state index in [0.29, 0.717) is 41.9 Å². The lowest BCUT2D eigenvalue weighted by Crippen LogP contribution is -2.27. The lowest BCUT2D eigenvalue weighted by molar-refractivity contribution is -0.116. The van der Waals surface area contributed by atoms with E-state index >= 15 is 0 Å². The zero-order valence-electron chi connectivity index (χ0n) is 16.7. The van der Waals surface area contributed by atoms with E-state index in [-0.39, 0.29) is 17.2 Å². The van der Waals surface area contributed by atoms with Gasteiger partial charge in [-0.1, -0.05) is 24.3 Å². The lowest BCUT2D eigenvalue weighted by atomic mass is 10.1. The number of thioether (sulfide) groups is 1. The first-order valence-electron chi connectivity index (χ1n) is 9.83. The van der Waals surface area contributed by atoms with Gasteiger partial charge in [-0.2, -0.15) is 17.5 Å². The summed E-state index contributed by atoms with van der Waals surface area (Å²) in [5, 5.41) is 2.66. The van der Waals surface area contributed by atoms with Crippen LogP contribution >= 0.6 is 11.8 Å². The molecule has 1 aliphatic rings. The van der Waals surface area contributed by atoms with E-state index in [9.17, 15) is 26.4 Å². The number of sulfonamides is 1. The van der Waals surface area contributed by atoms with Gasteiger partial charge in [-0.25, -0.2) is 8.42 Å². The number of carbonyl (C=O) groups excluding carboxylic acids is 1. The van der Waals surface area contributed by atoms with Gasteiger partial charge < -0.3 is 5.32 Å². The van der Waals surface area contributed by atoms with Crippen LogP contribution < -0.4 is 5.32 Å². The predicted octanol–water partition coefficient (Wildman–Crippen LogP) is 4.70. The summed E-state index contributed by atoms with van der Waals surface area (Å²) in [6.07, 6.45) is -2.06. The average molecular weight is 473 g/mol. The summed E-state index contributed by atoms with van der Waals surface area (Å²) < 4.78 is 64.0. The van der Waals surface area contributed by atoms with Crippen LogP contribution in [0.2, 0.25) is 0 Å². The standard InChI is InChI=1S/C21H23F3N2O3S2/c22-21(23,24)15-30-19-6-2-1-5-18(19)25-20(27)12-9-16-7-10-17(11-8-16)31(28,29)26-13-3-4-14-26/h1-2,5-8,10-11H,3-4,9,12-15H2,(H,25,27). The highest BCUT2D eigenvalue weighted by Gasteiger charge is 2.28. The predicted molar refractivity (Wildman–Crippen MR) is 115 cm³/mol. The van der Waals surface area contributed by atoms with Gasteiger partial charge in [-0.05, 0) is 49.1 Å². The molecule has 0 bridgehead atoms. The highest BCUT2D eigenvalue weighted by Crippen LogP contribution is 2.32. The summed E-state index contributed by atoms with van der Waals surface area (Å²) in [5.41, 5.74) is 1.14. The first kappa shape index (κ1) is 23.6. The van der Waals surface area contributed by atoms with Gasteiger partial charge in [-0.3, -0.25) is 4.79 Å². The number of nitrogens with one attached hydrogen (secondary N) is 1. The van der Waals surface area contributed by atoms with Gasteiger partial charge in [0.2, 0.25) is 15.9 Å². The summed E-state index contributed by atoms with van der Waals surface area (Å²) in [7, 11) is -3.48. The molecule has 1 heterocycles. The second-order valence-electron chi connectivity index (χ2n) is 7.20. The summed E-state index contributed by atoms with van der Waals surface area (Å²) in [4.78, 5) is 12.9. The Bertz CT molecular complexity index is 1000. The maximum absolute atomic E-state index is 12.6. The van der Waals surface area contributed by atoms with Crippen LogP contribution in [-0.2, 0) is 21.2 Å². The van der Waals surface area contributed by atoms with E-state index in [1.165, 1.54) is 10.4 Å². The molecule has 5 nitrogen and oxygen atoms in total. The van der Waals surface area contributed by atoms with E-state index in [1.807, 2.05) is 0 Å². The molecule has 1 aliphatic heterocycles. The number of halogens is 3. The van der Waals surface area contributed by atoms with Gasteiger partial charge in [0.1, 0.15) is 0 Å². The summed E-state index contributed by atoms with van der Waals surface area (Å²) in [6.45, 7) is 1.07. The average Bonchev–Trinajstić information content (AvgIpc) is 3.27. The van der Waals surface area contributed by atoms with Gasteiger partial charge in [0.15, 0.2) is 0 Å².